The van der Waals surface area contributed by atoms with Gasteiger partial charge >= 0.3 is 6.03 Å². The molecule has 3 amide bonds. The van der Waals surface area contributed by atoms with E-state index in [9.17, 15) is 9.59 Å². The number of carbonyl (C=O) groups is 2. The van der Waals surface area contributed by atoms with Crippen molar-refractivity contribution in [3.63, 3.8) is 0 Å². The van der Waals surface area contributed by atoms with Crippen molar-refractivity contribution in [2.75, 3.05) is 28.7 Å². The van der Waals surface area contributed by atoms with Crippen LogP contribution in [0.1, 0.15) is 19.4 Å². The lowest BCUT2D eigenvalue weighted by Crippen LogP contribution is -2.28. The second-order valence-electron chi connectivity index (χ2n) is 5.89. The summed E-state index contributed by atoms with van der Waals surface area (Å²) in [5.41, 5.74) is 2.96. The third-order valence-corrected chi connectivity index (χ3v) is 4.55. The average Bonchev–Trinajstić information content (AvgIpc) is 3.01. The van der Waals surface area contributed by atoms with E-state index >= 15 is 0 Å². The Hall–Kier alpha value is -2.54. The summed E-state index contributed by atoms with van der Waals surface area (Å²) in [6.07, 6.45) is 0.762. The molecular formula is C19H20BrN3O3. The van der Waals surface area contributed by atoms with Crippen molar-refractivity contribution in [1.82, 2.24) is 0 Å². The van der Waals surface area contributed by atoms with Gasteiger partial charge in [0.1, 0.15) is 5.75 Å². The molecule has 1 heterocycles. The van der Waals surface area contributed by atoms with E-state index in [1.807, 2.05) is 25.1 Å². The zero-order chi connectivity index (χ0) is 18.7. The van der Waals surface area contributed by atoms with E-state index in [0.717, 1.165) is 22.1 Å². The Kier molecular flexibility index (Phi) is 5.46. The van der Waals surface area contributed by atoms with Crippen LogP contribution in [0.5, 0.6) is 5.75 Å². The number of nitrogens with one attached hydrogen (secondary N) is 2. The predicted octanol–water partition coefficient (Wildman–Crippen LogP) is 4.40. The predicted molar refractivity (Wildman–Crippen MR) is 106 cm³/mol. The van der Waals surface area contributed by atoms with Gasteiger partial charge in [-0.1, -0.05) is 28.1 Å². The molecule has 0 aromatic heterocycles. The first-order valence-electron chi connectivity index (χ1n) is 8.40. The Morgan fingerprint density at radius 1 is 1.19 bits per heavy atom. The number of benzene rings is 2. The van der Waals surface area contributed by atoms with Crippen molar-refractivity contribution in [2.45, 2.75) is 20.3 Å². The normalized spacial score (nSPS) is 12.5. The van der Waals surface area contributed by atoms with E-state index in [1.165, 1.54) is 6.92 Å². The van der Waals surface area contributed by atoms with E-state index in [4.69, 9.17) is 4.74 Å². The van der Waals surface area contributed by atoms with Crippen LogP contribution in [-0.2, 0) is 11.2 Å². The molecule has 0 saturated heterocycles. The van der Waals surface area contributed by atoms with Crippen molar-refractivity contribution in [3.8, 4) is 5.75 Å². The maximum absolute atomic E-state index is 12.5. The first-order valence-corrected chi connectivity index (χ1v) is 9.19. The van der Waals surface area contributed by atoms with Gasteiger partial charge in [0.15, 0.2) is 0 Å². The zero-order valence-electron chi connectivity index (χ0n) is 14.6. The Balaban J connectivity index is 1.84. The van der Waals surface area contributed by atoms with Crippen LogP contribution in [0.4, 0.5) is 21.9 Å². The maximum atomic E-state index is 12.5. The smallest absolute Gasteiger partial charge is 0.323 e. The number of anilines is 3. The molecule has 3 rings (SSSR count). The summed E-state index contributed by atoms with van der Waals surface area (Å²) in [5.74, 6) is 0.561. The highest BCUT2D eigenvalue weighted by molar-refractivity contribution is 9.10. The standard InChI is InChI=1S/C19H20BrN3O3/c1-3-26-17-7-5-4-6-15(17)21-19(25)22-16-11-14(20)10-13-8-9-23(12(2)24)18(13)16/h4-7,10-11H,3,8-9H2,1-2H3,(H2,21,22,25). The number of fused-ring (bicyclic) bond motifs is 1. The van der Waals surface area contributed by atoms with Gasteiger partial charge in [0, 0.05) is 17.9 Å². The number of amides is 3. The largest absolute Gasteiger partial charge is 0.492 e. The minimum atomic E-state index is -0.396. The SMILES string of the molecule is CCOc1ccccc1NC(=O)Nc1cc(Br)cc2c1N(C(C)=O)CC2. The number of carbonyl (C=O) groups excluding carboxylic acids is 2. The molecule has 1 aliphatic heterocycles. The van der Waals surface area contributed by atoms with Gasteiger partial charge in [-0.25, -0.2) is 4.79 Å². The van der Waals surface area contributed by atoms with Gasteiger partial charge in [-0.15, -0.1) is 0 Å². The molecule has 2 aromatic rings. The van der Waals surface area contributed by atoms with Gasteiger partial charge in [-0.2, -0.15) is 0 Å². The van der Waals surface area contributed by atoms with Crippen molar-refractivity contribution >= 4 is 44.9 Å². The minimum absolute atomic E-state index is 0.0452. The average molecular weight is 418 g/mol. The number of ether oxygens (including phenoxy) is 1. The maximum Gasteiger partial charge on any atom is 0.323 e. The summed E-state index contributed by atoms with van der Waals surface area (Å²) in [7, 11) is 0. The Labute approximate surface area is 160 Å². The summed E-state index contributed by atoms with van der Waals surface area (Å²) in [4.78, 5) is 26.1. The number of urea groups is 1. The van der Waals surface area contributed by atoms with Gasteiger partial charge in [0.2, 0.25) is 5.91 Å². The molecule has 0 bridgehead atoms. The number of rotatable bonds is 4. The Bertz CT molecular complexity index is 854. The van der Waals surface area contributed by atoms with Crippen LogP contribution in [0.2, 0.25) is 0 Å². The van der Waals surface area contributed by atoms with Gasteiger partial charge in [-0.05, 0) is 43.2 Å². The molecule has 26 heavy (non-hydrogen) atoms. The number of nitrogens with zero attached hydrogens (tertiary/aromatic N) is 1. The zero-order valence-corrected chi connectivity index (χ0v) is 16.2. The molecule has 1 aliphatic rings. The molecule has 0 atom stereocenters. The molecule has 6 nitrogen and oxygen atoms in total. The quantitative estimate of drug-likeness (QED) is 0.773. The van der Waals surface area contributed by atoms with E-state index < -0.39 is 6.03 Å². The summed E-state index contributed by atoms with van der Waals surface area (Å²) >= 11 is 3.47. The summed E-state index contributed by atoms with van der Waals surface area (Å²) < 4.78 is 6.38. The van der Waals surface area contributed by atoms with Crippen LogP contribution >= 0.6 is 15.9 Å². The fourth-order valence-corrected chi connectivity index (χ4v) is 3.55. The molecule has 0 saturated carbocycles. The third-order valence-electron chi connectivity index (χ3n) is 4.09. The molecule has 136 valence electrons. The van der Waals surface area contributed by atoms with Gasteiger partial charge < -0.3 is 20.3 Å². The van der Waals surface area contributed by atoms with Crippen LogP contribution in [0.3, 0.4) is 0 Å². The first kappa shape index (κ1) is 18.3. The Morgan fingerprint density at radius 2 is 1.92 bits per heavy atom. The lowest BCUT2D eigenvalue weighted by atomic mass is 10.1. The van der Waals surface area contributed by atoms with Crippen LogP contribution < -0.4 is 20.3 Å². The van der Waals surface area contributed by atoms with Crippen molar-refractivity contribution in [2.24, 2.45) is 0 Å². The van der Waals surface area contributed by atoms with E-state index in [2.05, 4.69) is 26.6 Å². The van der Waals surface area contributed by atoms with Gasteiger partial charge in [-0.3, -0.25) is 4.79 Å². The molecule has 7 heteroatoms. The topological polar surface area (TPSA) is 70.7 Å². The first-order chi connectivity index (χ1) is 12.5. The molecule has 0 spiro atoms. The van der Waals surface area contributed by atoms with Crippen LogP contribution in [0.25, 0.3) is 0 Å². The fraction of sp³-hybridized carbons (Fsp3) is 0.263. The second kappa shape index (κ2) is 7.78. The van der Waals surface area contributed by atoms with E-state index in [1.54, 1.807) is 23.1 Å². The van der Waals surface area contributed by atoms with Crippen LogP contribution in [-0.4, -0.2) is 25.1 Å². The number of hydrogen-bond donors (Lipinski definition) is 2. The highest BCUT2D eigenvalue weighted by Gasteiger charge is 2.26. The molecule has 0 fully saturated rings. The van der Waals surface area contributed by atoms with Gasteiger partial charge in [0.25, 0.3) is 0 Å². The van der Waals surface area contributed by atoms with Crippen LogP contribution in [0.15, 0.2) is 40.9 Å². The molecule has 0 aliphatic carbocycles. The van der Waals surface area contributed by atoms with Crippen molar-refractivity contribution in [3.05, 3.63) is 46.4 Å². The highest BCUT2D eigenvalue weighted by atomic mass is 79.9. The molecule has 0 unspecified atom stereocenters. The lowest BCUT2D eigenvalue weighted by Gasteiger charge is -2.20. The molecule has 2 aromatic carbocycles. The van der Waals surface area contributed by atoms with Crippen molar-refractivity contribution < 1.29 is 14.3 Å². The lowest BCUT2D eigenvalue weighted by molar-refractivity contribution is -0.116. The number of halogens is 1. The number of para-hydroxylation sites is 2. The molecular weight excluding hydrogens is 398 g/mol. The monoisotopic (exact) mass is 417 g/mol. The van der Waals surface area contributed by atoms with Crippen molar-refractivity contribution in [1.29, 1.82) is 0 Å². The second-order valence-corrected chi connectivity index (χ2v) is 6.81. The highest BCUT2D eigenvalue weighted by Crippen LogP contribution is 2.38. The molecule has 0 radical (unpaired) electrons. The summed E-state index contributed by atoms with van der Waals surface area (Å²) in [6, 6.07) is 10.6. The fourth-order valence-electron chi connectivity index (χ4n) is 3.05. The van der Waals surface area contributed by atoms with Crippen LogP contribution in [0, 0.1) is 0 Å². The van der Waals surface area contributed by atoms with E-state index in [-0.39, 0.29) is 5.91 Å². The summed E-state index contributed by atoms with van der Waals surface area (Å²) in [6.45, 7) is 4.54. The third kappa shape index (κ3) is 3.83. The Morgan fingerprint density at radius 3 is 2.65 bits per heavy atom. The van der Waals surface area contributed by atoms with Gasteiger partial charge in [0.05, 0.1) is 23.7 Å². The number of hydrogen-bond acceptors (Lipinski definition) is 3. The minimum Gasteiger partial charge on any atom is -0.492 e. The van der Waals surface area contributed by atoms with E-state index in [0.29, 0.717) is 30.3 Å². The summed E-state index contributed by atoms with van der Waals surface area (Å²) in [5, 5.41) is 5.66. The molecule has 2 N–H and O–H groups in total.